The molecule has 7 nitrogen and oxygen atoms in total. The van der Waals surface area contributed by atoms with Gasteiger partial charge in [0.15, 0.2) is 16.3 Å². The summed E-state index contributed by atoms with van der Waals surface area (Å²) in [5.41, 5.74) is 0.369. The van der Waals surface area contributed by atoms with Crippen molar-refractivity contribution in [1.29, 1.82) is 0 Å². The minimum Gasteiger partial charge on any atom is -0.493 e. The summed E-state index contributed by atoms with van der Waals surface area (Å²) in [5.74, 6) is 1.18. The van der Waals surface area contributed by atoms with Gasteiger partial charge in [0.1, 0.15) is 17.5 Å². The van der Waals surface area contributed by atoms with E-state index in [9.17, 15) is 9.59 Å². The number of Topliss-reactive ketones (excluding diaryl/α,β-unsaturated/α-hetero) is 1. The molecule has 2 bridgehead atoms. The molecule has 32 heavy (non-hydrogen) atoms. The highest BCUT2D eigenvalue weighted by atomic mass is 32.1. The highest BCUT2D eigenvalue weighted by molar-refractivity contribution is 7.07. The first-order valence-electron chi connectivity index (χ1n) is 10.2. The van der Waals surface area contributed by atoms with Crippen LogP contribution in [0.4, 0.5) is 0 Å². The fourth-order valence-electron chi connectivity index (χ4n) is 4.65. The molecule has 2 aliphatic rings. The number of hydrogen-bond acceptors (Lipinski definition) is 7. The van der Waals surface area contributed by atoms with Gasteiger partial charge in [-0.25, -0.2) is 4.99 Å². The number of aromatic nitrogens is 1. The Labute approximate surface area is 188 Å². The van der Waals surface area contributed by atoms with Gasteiger partial charge < -0.3 is 14.2 Å². The summed E-state index contributed by atoms with van der Waals surface area (Å²) in [5, 5.41) is 0. The van der Waals surface area contributed by atoms with Crippen LogP contribution >= 0.6 is 11.3 Å². The normalized spacial score (nSPS) is 23.4. The molecular formula is C24H22N2O5S. The SMILES string of the molecule is COc1ccc(/C=c2\sc3n(c2=O)[C@@H]2c4ccccc4O[C@](C)(N=3)[C@H]2C(C)=O)cc1OC. The molecule has 0 radical (unpaired) electrons. The van der Waals surface area contributed by atoms with Crippen LogP contribution in [0.3, 0.4) is 0 Å². The van der Waals surface area contributed by atoms with Crippen LogP contribution in [-0.4, -0.2) is 30.3 Å². The number of rotatable bonds is 4. The topological polar surface area (TPSA) is 79.1 Å². The zero-order chi connectivity index (χ0) is 22.6. The number of carbonyl (C=O) groups is 1. The highest BCUT2D eigenvalue weighted by Gasteiger charge is 2.53. The average Bonchev–Trinajstić information content (AvgIpc) is 3.06. The first kappa shape index (κ1) is 20.5. The summed E-state index contributed by atoms with van der Waals surface area (Å²) < 4.78 is 19.0. The summed E-state index contributed by atoms with van der Waals surface area (Å²) in [6.45, 7) is 3.34. The lowest BCUT2D eigenvalue weighted by Gasteiger charge is -2.45. The molecule has 0 aliphatic carbocycles. The first-order valence-corrected chi connectivity index (χ1v) is 11.0. The maximum Gasteiger partial charge on any atom is 0.270 e. The van der Waals surface area contributed by atoms with Crippen LogP contribution < -0.4 is 29.1 Å². The minimum atomic E-state index is -1.07. The summed E-state index contributed by atoms with van der Waals surface area (Å²) in [6.07, 6.45) is 1.80. The summed E-state index contributed by atoms with van der Waals surface area (Å²) in [7, 11) is 3.14. The molecule has 5 rings (SSSR count). The molecule has 0 unspecified atom stereocenters. The van der Waals surface area contributed by atoms with Gasteiger partial charge in [0, 0.05) is 5.56 Å². The average molecular weight is 451 g/mol. The third-order valence-electron chi connectivity index (χ3n) is 6.02. The van der Waals surface area contributed by atoms with Crippen LogP contribution in [-0.2, 0) is 4.79 Å². The number of ketones is 1. The molecule has 0 N–H and O–H groups in total. The van der Waals surface area contributed by atoms with E-state index in [1.165, 1.54) is 18.3 Å². The van der Waals surface area contributed by atoms with Crippen LogP contribution in [0.1, 0.15) is 31.0 Å². The molecule has 3 heterocycles. The van der Waals surface area contributed by atoms with E-state index >= 15 is 0 Å². The van der Waals surface area contributed by atoms with Crippen molar-refractivity contribution in [2.75, 3.05) is 14.2 Å². The number of carbonyl (C=O) groups excluding carboxylic acids is 1. The van der Waals surface area contributed by atoms with E-state index in [4.69, 9.17) is 19.2 Å². The Morgan fingerprint density at radius 3 is 2.66 bits per heavy atom. The number of hydrogen-bond donors (Lipinski definition) is 0. The molecule has 3 aromatic rings. The Bertz CT molecular complexity index is 1420. The van der Waals surface area contributed by atoms with Gasteiger partial charge in [-0.1, -0.05) is 35.6 Å². The van der Waals surface area contributed by atoms with Crippen molar-refractivity contribution < 1.29 is 19.0 Å². The number of benzene rings is 2. The van der Waals surface area contributed by atoms with Gasteiger partial charge in [-0.05, 0) is 43.7 Å². The lowest BCUT2D eigenvalue weighted by atomic mass is 9.79. The molecule has 1 aromatic heterocycles. The van der Waals surface area contributed by atoms with E-state index in [2.05, 4.69) is 0 Å². The van der Waals surface area contributed by atoms with Gasteiger partial charge in [-0.3, -0.25) is 14.2 Å². The molecule has 8 heteroatoms. The molecule has 164 valence electrons. The van der Waals surface area contributed by atoms with Crippen LogP contribution in [0.2, 0.25) is 0 Å². The van der Waals surface area contributed by atoms with Gasteiger partial charge in [-0.15, -0.1) is 0 Å². The zero-order valence-electron chi connectivity index (χ0n) is 18.1. The Morgan fingerprint density at radius 2 is 1.94 bits per heavy atom. The van der Waals surface area contributed by atoms with Crippen molar-refractivity contribution in [3.8, 4) is 17.2 Å². The van der Waals surface area contributed by atoms with E-state index < -0.39 is 17.7 Å². The van der Waals surface area contributed by atoms with Crippen molar-refractivity contribution in [3.05, 3.63) is 73.3 Å². The standard InChI is InChI=1S/C24H22N2O5S/c1-13(27)20-21-15-7-5-6-8-16(15)31-24(20,2)25-23-26(21)22(28)19(32-23)12-14-9-10-17(29-3)18(11-14)30-4/h5-12,20-21H,1-4H3/b19-12-/t20-,21+,24-/m0/s1. The van der Waals surface area contributed by atoms with Crippen LogP contribution in [0.5, 0.6) is 17.2 Å². The highest BCUT2D eigenvalue weighted by Crippen LogP contribution is 2.47. The monoisotopic (exact) mass is 450 g/mol. The predicted octanol–water partition coefficient (Wildman–Crippen LogP) is 2.29. The number of ether oxygens (including phenoxy) is 3. The predicted molar refractivity (Wildman–Crippen MR) is 120 cm³/mol. The molecule has 0 spiro atoms. The summed E-state index contributed by atoms with van der Waals surface area (Å²) >= 11 is 1.29. The molecular weight excluding hydrogens is 428 g/mol. The number of nitrogens with zero attached hydrogens (tertiary/aromatic N) is 2. The number of methoxy groups -OCH3 is 2. The first-order chi connectivity index (χ1) is 15.4. The Morgan fingerprint density at radius 1 is 1.19 bits per heavy atom. The number of thiazole rings is 1. The van der Waals surface area contributed by atoms with E-state index in [1.807, 2.05) is 43.3 Å². The third kappa shape index (κ3) is 2.97. The molecule has 3 atom stereocenters. The number of fused-ring (bicyclic) bond motifs is 6. The minimum absolute atomic E-state index is 0.0649. The van der Waals surface area contributed by atoms with E-state index in [-0.39, 0.29) is 11.3 Å². The lowest BCUT2D eigenvalue weighted by Crippen LogP contribution is -2.58. The van der Waals surface area contributed by atoms with Crippen molar-refractivity contribution in [1.82, 2.24) is 4.57 Å². The van der Waals surface area contributed by atoms with E-state index in [0.717, 1.165) is 11.1 Å². The van der Waals surface area contributed by atoms with Gasteiger partial charge in [-0.2, -0.15) is 0 Å². The van der Waals surface area contributed by atoms with Crippen molar-refractivity contribution in [3.63, 3.8) is 0 Å². The van der Waals surface area contributed by atoms with Crippen LogP contribution in [0, 0.1) is 5.92 Å². The molecule has 0 amide bonds. The summed E-state index contributed by atoms with van der Waals surface area (Å²) in [4.78, 5) is 31.5. The Balaban J connectivity index is 1.75. The fraction of sp³-hybridized carbons (Fsp3) is 0.292. The third-order valence-corrected chi connectivity index (χ3v) is 7.01. The van der Waals surface area contributed by atoms with Gasteiger partial charge in [0.05, 0.1) is 24.8 Å². The maximum absolute atomic E-state index is 13.6. The maximum atomic E-state index is 13.6. The second kappa shape index (κ2) is 7.34. The van der Waals surface area contributed by atoms with Gasteiger partial charge >= 0.3 is 0 Å². The lowest BCUT2D eigenvalue weighted by molar-refractivity contribution is -0.132. The smallest absolute Gasteiger partial charge is 0.270 e. The van der Waals surface area contributed by atoms with Crippen LogP contribution in [0.25, 0.3) is 6.08 Å². The van der Waals surface area contributed by atoms with E-state index in [1.54, 1.807) is 30.9 Å². The quantitative estimate of drug-likeness (QED) is 0.610. The van der Waals surface area contributed by atoms with E-state index in [0.29, 0.717) is 26.6 Å². The van der Waals surface area contributed by atoms with Crippen LogP contribution in [0.15, 0.2) is 52.3 Å². The molecule has 0 fully saturated rings. The fourth-order valence-corrected chi connectivity index (χ4v) is 5.75. The van der Waals surface area contributed by atoms with Gasteiger partial charge in [0.2, 0.25) is 5.72 Å². The Hall–Kier alpha value is -3.39. The van der Waals surface area contributed by atoms with Gasteiger partial charge in [0.25, 0.3) is 5.56 Å². The molecule has 2 aromatic carbocycles. The molecule has 0 saturated carbocycles. The van der Waals surface area contributed by atoms with Crippen molar-refractivity contribution >= 4 is 23.2 Å². The Kier molecular flexibility index (Phi) is 4.70. The zero-order valence-corrected chi connectivity index (χ0v) is 18.9. The molecule has 0 saturated heterocycles. The van der Waals surface area contributed by atoms with Crippen molar-refractivity contribution in [2.45, 2.75) is 25.6 Å². The molecule has 2 aliphatic heterocycles. The summed E-state index contributed by atoms with van der Waals surface area (Å²) in [6, 6.07) is 12.5. The number of para-hydroxylation sites is 1. The second-order valence-electron chi connectivity index (χ2n) is 8.02. The van der Waals surface area contributed by atoms with Crippen molar-refractivity contribution in [2.24, 2.45) is 10.9 Å². The largest absolute Gasteiger partial charge is 0.493 e. The second-order valence-corrected chi connectivity index (χ2v) is 9.03.